The van der Waals surface area contributed by atoms with E-state index in [4.69, 9.17) is 4.74 Å². The minimum Gasteiger partial charge on any atom is -0.497 e. The van der Waals surface area contributed by atoms with E-state index >= 15 is 0 Å². The molecule has 3 rings (SSSR count). The molecule has 0 fully saturated rings. The third-order valence-corrected chi connectivity index (χ3v) is 3.64. The lowest BCUT2D eigenvalue weighted by molar-refractivity contribution is 0.415. The van der Waals surface area contributed by atoms with E-state index in [0.717, 1.165) is 43.1 Å². The molecule has 19 heavy (non-hydrogen) atoms. The van der Waals surface area contributed by atoms with Crippen LogP contribution < -0.4 is 10.1 Å². The van der Waals surface area contributed by atoms with Crippen molar-refractivity contribution in [2.75, 3.05) is 19.0 Å². The number of hydrogen-bond acceptors (Lipinski definition) is 3. The van der Waals surface area contributed by atoms with E-state index in [9.17, 15) is 0 Å². The van der Waals surface area contributed by atoms with E-state index < -0.39 is 0 Å². The summed E-state index contributed by atoms with van der Waals surface area (Å²) in [4.78, 5) is 0. The normalized spacial score (nSPS) is 12.7. The number of aryl methyl sites for hydroxylation is 1. The van der Waals surface area contributed by atoms with Crippen LogP contribution in [0.3, 0.4) is 0 Å². The zero-order valence-electron chi connectivity index (χ0n) is 11.4. The van der Waals surface area contributed by atoms with E-state index in [0.29, 0.717) is 0 Å². The Balaban J connectivity index is 2.01. The molecule has 0 spiro atoms. The van der Waals surface area contributed by atoms with Crippen molar-refractivity contribution < 1.29 is 4.74 Å². The van der Waals surface area contributed by atoms with Crippen LogP contribution in [0.25, 0.3) is 11.3 Å². The topological polar surface area (TPSA) is 49.9 Å². The van der Waals surface area contributed by atoms with Crippen molar-refractivity contribution in [1.82, 2.24) is 10.2 Å². The van der Waals surface area contributed by atoms with Gasteiger partial charge in [0, 0.05) is 17.7 Å². The van der Waals surface area contributed by atoms with Gasteiger partial charge in [-0.15, -0.1) is 0 Å². The maximum absolute atomic E-state index is 5.32. The van der Waals surface area contributed by atoms with Gasteiger partial charge in [-0.25, -0.2) is 0 Å². The molecule has 4 heteroatoms. The number of nitrogens with one attached hydrogen (secondary N) is 2. The van der Waals surface area contributed by atoms with Gasteiger partial charge < -0.3 is 10.1 Å². The summed E-state index contributed by atoms with van der Waals surface area (Å²) >= 11 is 0. The summed E-state index contributed by atoms with van der Waals surface area (Å²) in [5.74, 6) is 1.90. The third-order valence-electron chi connectivity index (χ3n) is 3.64. The van der Waals surface area contributed by atoms with Gasteiger partial charge in [0.1, 0.15) is 5.75 Å². The average molecular weight is 257 g/mol. The van der Waals surface area contributed by atoms with Crippen LogP contribution in [0.15, 0.2) is 18.2 Å². The number of aromatic nitrogens is 2. The van der Waals surface area contributed by atoms with Crippen molar-refractivity contribution >= 4 is 5.82 Å². The molecular weight excluding hydrogens is 238 g/mol. The predicted molar refractivity (Wildman–Crippen MR) is 76.8 cm³/mol. The van der Waals surface area contributed by atoms with Crippen molar-refractivity contribution in [3.05, 3.63) is 29.3 Å². The number of ether oxygens (including phenoxy) is 1. The molecule has 0 amide bonds. The second kappa shape index (κ2) is 4.96. The van der Waals surface area contributed by atoms with Crippen molar-refractivity contribution in [2.45, 2.75) is 26.2 Å². The molecule has 0 aliphatic heterocycles. The quantitative estimate of drug-likeness (QED) is 0.885. The van der Waals surface area contributed by atoms with Crippen molar-refractivity contribution in [3.63, 3.8) is 0 Å². The molecule has 1 aliphatic rings. The van der Waals surface area contributed by atoms with Gasteiger partial charge in [0.2, 0.25) is 0 Å². The van der Waals surface area contributed by atoms with Crippen LogP contribution in [0.1, 0.15) is 24.5 Å². The van der Waals surface area contributed by atoms with Gasteiger partial charge >= 0.3 is 0 Å². The highest BCUT2D eigenvalue weighted by atomic mass is 16.5. The first-order valence-electron chi connectivity index (χ1n) is 6.82. The molecule has 0 radical (unpaired) electrons. The molecule has 0 saturated carbocycles. The first-order chi connectivity index (χ1) is 9.33. The standard InChI is InChI=1S/C15H19N3O/c1-3-8-16-15-12-7-5-10-4-6-11(19-2)9-13(10)14(12)17-18-15/h4,6,9H,3,5,7-8H2,1-2H3,(H2,16,17,18). The smallest absolute Gasteiger partial charge is 0.151 e. The van der Waals surface area contributed by atoms with Crippen molar-refractivity contribution in [2.24, 2.45) is 0 Å². The number of methoxy groups -OCH3 is 1. The molecule has 1 aromatic carbocycles. The predicted octanol–water partition coefficient (Wildman–Crippen LogP) is 3.01. The Bertz CT molecular complexity index is 589. The van der Waals surface area contributed by atoms with Crippen LogP contribution in [-0.2, 0) is 12.8 Å². The van der Waals surface area contributed by atoms with Crippen LogP contribution in [0.5, 0.6) is 5.75 Å². The lowest BCUT2D eigenvalue weighted by Crippen LogP contribution is -2.07. The zero-order valence-corrected chi connectivity index (χ0v) is 11.4. The lowest BCUT2D eigenvalue weighted by Gasteiger charge is -2.17. The fourth-order valence-electron chi connectivity index (χ4n) is 2.61. The number of benzene rings is 1. The number of anilines is 1. The Hall–Kier alpha value is -1.97. The second-order valence-corrected chi connectivity index (χ2v) is 4.88. The van der Waals surface area contributed by atoms with Crippen LogP contribution in [0.2, 0.25) is 0 Å². The molecule has 1 aliphatic carbocycles. The zero-order chi connectivity index (χ0) is 13.2. The highest BCUT2D eigenvalue weighted by molar-refractivity contribution is 5.75. The highest BCUT2D eigenvalue weighted by Gasteiger charge is 2.22. The van der Waals surface area contributed by atoms with Gasteiger partial charge in [0.15, 0.2) is 5.82 Å². The molecule has 100 valence electrons. The SMILES string of the molecule is CCCNc1n[nH]c2c1CCc1ccc(OC)cc1-2. The van der Waals surface area contributed by atoms with Crippen molar-refractivity contribution in [3.8, 4) is 17.0 Å². The van der Waals surface area contributed by atoms with Crippen molar-refractivity contribution in [1.29, 1.82) is 0 Å². The Morgan fingerprint density at radius 1 is 1.37 bits per heavy atom. The summed E-state index contributed by atoms with van der Waals surface area (Å²) in [5, 5.41) is 11.0. The van der Waals surface area contributed by atoms with Gasteiger partial charge in [0.25, 0.3) is 0 Å². The van der Waals surface area contributed by atoms with E-state index in [1.54, 1.807) is 7.11 Å². The van der Waals surface area contributed by atoms with Crippen LogP contribution in [-0.4, -0.2) is 23.9 Å². The summed E-state index contributed by atoms with van der Waals surface area (Å²) < 4.78 is 5.32. The van der Waals surface area contributed by atoms with Crippen LogP contribution in [0, 0.1) is 0 Å². The summed E-state index contributed by atoms with van der Waals surface area (Å²) in [7, 11) is 1.70. The molecular formula is C15H19N3O. The Morgan fingerprint density at radius 3 is 3.05 bits per heavy atom. The molecule has 0 bridgehead atoms. The van der Waals surface area contributed by atoms with Gasteiger partial charge in [-0.05, 0) is 37.0 Å². The molecule has 1 heterocycles. The Morgan fingerprint density at radius 2 is 2.26 bits per heavy atom. The summed E-state index contributed by atoms with van der Waals surface area (Å²) in [6.45, 7) is 3.12. The maximum atomic E-state index is 5.32. The van der Waals surface area contributed by atoms with E-state index in [-0.39, 0.29) is 0 Å². The first-order valence-corrected chi connectivity index (χ1v) is 6.82. The first kappa shape index (κ1) is 12.1. The number of nitrogens with zero attached hydrogens (tertiary/aromatic N) is 1. The number of hydrogen-bond donors (Lipinski definition) is 2. The molecule has 2 aromatic rings. The molecule has 2 N–H and O–H groups in total. The summed E-state index contributed by atoms with van der Waals surface area (Å²) in [5.41, 5.74) is 5.02. The Labute approximate surface area is 113 Å². The Kier molecular flexibility index (Phi) is 3.15. The third kappa shape index (κ3) is 2.07. The molecule has 1 aromatic heterocycles. The summed E-state index contributed by atoms with van der Waals surface area (Å²) in [6.07, 6.45) is 3.20. The van der Waals surface area contributed by atoms with Gasteiger partial charge in [0.05, 0.1) is 12.8 Å². The molecule has 0 unspecified atom stereocenters. The average Bonchev–Trinajstić information content (AvgIpc) is 2.88. The highest BCUT2D eigenvalue weighted by Crippen LogP contribution is 2.37. The fourth-order valence-corrected chi connectivity index (χ4v) is 2.61. The van der Waals surface area contributed by atoms with Gasteiger partial charge in [-0.3, -0.25) is 5.10 Å². The molecule has 0 saturated heterocycles. The van der Waals surface area contributed by atoms with Crippen LogP contribution in [0.4, 0.5) is 5.82 Å². The van der Waals surface area contributed by atoms with E-state index in [1.165, 1.54) is 16.7 Å². The van der Waals surface area contributed by atoms with Crippen LogP contribution >= 0.6 is 0 Å². The monoisotopic (exact) mass is 257 g/mol. The largest absolute Gasteiger partial charge is 0.497 e. The van der Waals surface area contributed by atoms with Gasteiger partial charge in [-0.1, -0.05) is 13.0 Å². The number of rotatable bonds is 4. The fraction of sp³-hybridized carbons (Fsp3) is 0.400. The summed E-state index contributed by atoms with van der Waals surface area (Å²) in [6, 6.07) is 6.27. The maximum Gasteiger partial charge on any atom is 0.151 e. The lowest BCUT2D eigenvalue weighted by atomic mass is 9.90. The van der Waals surface area contributed by atoms with E-state index in [2.05, 4.69) is 34.6 Å². The molecule has 0 atom stereocenters. The number of fused-ring (bicyclic) bond motifs is 3. The minimum atomic E-state index is 0.893. The molecule has 4 nitrogen and oxygen atoms in total. The van der Waals surface area contributed by atoms with Gasteiger partial charge in [-0.2, -0.15) is 5.10 Å². The minimum absolute atomic E-state index is 0.893. The van der Waals surface area contributed by atoms with E-state index in [1.807, 2.05) is 6.07 Å². The number of H-pyrrole nitrogens is 1. The number of aromatic amines is 1. The second-order valence-electron chi connectivity index (χ2n) is 4.88.